The molecular weight excluding hydrogens is 466 g/mol. The van der Waals surface area contributed by atoms with Gasteiger partial charge in [0.25, 0.3) is 0 Å². The highest BCUT2D eigenvalue weighted by Gasteiger charge is 2.18. The van der Waals surface area contributed by atoms with Crippen LogP contribution in [0.3, 0.4) is 0 Å². The first-order valence-electron chi connectivity index (χ1n) is 12.3. The number of nitrogens with one attached hydrogen (secondary N) is 2. The molecule has 0 aliphatic rings. The summed E-state index contributed by atoms with van der Waals surface area (Å²) in [6.07, 6.45) is 9.55. The van der Waals surface area contributed by atoms with Gasteiger partial charge in [-0.2, -0.15) is 0 Å². The Kier molecular flexibility index (Phi) is 7.27. The number of hydrogen-bond donors (Lipinski definition) is 3. The van der Waals surface area contributed by atoms with Crippen LogP contribution in [0.2, 0.25) is 0 Å². The van der Waals surface area contributed by atoms with Crippen molar-refractivity contribution >= 4 is 22.8 Å². The van der Waals surface area contributed by atoms with Gasteiger partial charge in [0.1, 0.15) is 11.3 Å². The van der Waals surface area contributed by atoms with Gasteiger partial charge in [-0.15, -0.1) is 0 Å². The summed E-state index contributed by atoms with van der Waals surface area (Å²) in [4.78, 5) is 27.6. The molecule has 0 spiro atoms. The highest BCUT2D eigenvalue weighted by molar-refractivity contribution is 5.86. The average Bonchev–Trinajstić information content (AvgIpc) is 3.38. The van der Waals surface area contributed by atoms with Gasteiger partial charge in [-0.3, -0.25) is 9.97 Å². The van der Waals surface area contributed by atoms with E-state index in [2.05, 4.69) is 44.4 Å². The lowest BCUT2D eigenvalue weighted by molar-refractivity contribution is 0.292. The van der Waals surface area contributed by atoms with E-state index < -0.39 is 0 Å². The molecule has 0 aliphatic carbocycles. The number of imidazole rings is 1. The molecule has 0 atom stereocenters. The largest absolute Gasteiger partial charge is 0.396 e. The van der Waals surface area contributed by atoms with Gasteiger partial charge in [-0.25, -0.2) is 19.9 Å². The monoisotopic (exact) mass is 495 g/mol. The maximum atomic E-state index is 9.16. The lowest BCUT2D eigenvalue weighted by atomic mass is 10.1. The van der Waals surface area contributed by atoms with Crippen LogP contribution >= 0.6 is 0 Å². The molecule has 0 fully saturated rings. The van der Waals surface area contributed by atoms with E-state index in [1.54, 1.807) is 24.9 Å². The summed E-state index contributed by atoms with van der Waals surface area (Å²) in [6.45, 7) is 5.42. The quantitative estimate of drug-likeness (QED) is 0.243. The molecule has 5 aromatic heterocycles. The molecule has 0 saturated carbocycles. The maximum Gasteiger partial charge on any atom is 0.167 e. The summed E-state index contributed by atoms with van der Waals surface area (Å²) in [5, 5.41) is 15.9. The minimum Gasteiger partial charge on any atom is -0.396 e. The molecule has 0 aliphatic heterocycles. The fourth-order valence-electron chi connectivity index (χ4n) is 3.95. The van der Waals surface area contributed by atoms with Gasteiger partial charge >= 0.3 is 0 Å². The van der Waals surface area contributed by atoms with Gasteiger partial charge in [-0.1, -0.05) is 6.07 Å². The number of fused-ring (bicyclic) bond motifs is 1. The number of aliphatic hydroxyl groups is 1. The molecular formula is C27H29N9O. The van der Waals surface area contributed by atoms with Crippen LogP contribution in [0.4, 0.5) is 11.6 Å². The van der Waals surface area contributed by atoms with Crippen molar-refractivity contribution in [1.29, 1.82) is 0 Å². The van der Waals surface area contributed by atoms with Gasteiger partial charge in [0.05, 0.1) is 17.6 Å². The summed E-state index contributed by atoms with van der Waals surface area (Å²) >= 11 is 0. The smallest absolute Gasteiger partial charge is 0.167 e. The Morgan fingerprint density at radius 2 is 1.81 bits per heavy atom. The van der Waals surface area contributed by atoms with E-state index in [0.29, 0.717) is 42.5 Å². The van der Waals surface area contributed by atoms with Crippen molar-refractivity contribution in [1.82, 2.24) is 34.5 Å². The van der Waals surface area contributed by atoms with E-state index in [0.717, 1.165) is 28.0 Å². The highest BCUT2D eigenvalue weighted by Crippen LogP contribution is 2.29. The fraction of sp³-hybridized carbons (Fsp3) is 0.259. The van der Waals surface area contributed by atoms with Crippen LogP contribution in [0.15, 0.2) is 67.5 Å². The first-order chi connectivity index (χ1) is 18.1. The van der Waals surface area contributed by atoms with Gasteiger partial charge in [-0.05, 0) is 56.2 Å². The standard InChI is InChI=1S/C27H29N9O/c1-18(2)36-17-33-23-26(32-15-19-8-9-22(31-14-19)20-6-3-10-28-16-20)34-25(35-27(23)36)21-7-4-11-29-24(21)30-12-5-13-37/h3-4,6-11,14,16-18,37H,5,12-13,15H2,1-2H3,(H,29,30)(H,32,34,35). The molecule has 10 nitrogen and oxygen atoms in total. The van der Waals surface area contributed by atoms with Gasteiger partial charge in [0.2, 0.25) is 0 Å². The Morgan fingerprint density at radius 3 is 2.57 bits per heavy atom. The van der Waals surface area contributed by atoms with E-state index in [1.165, 1.54) is 0 Å². The van der Waals surface area contributed by atoms with Gasteiger partial charge in [0.15, 0.2) is 17.3 Å². The van der Waals surface area contributed by atoms with Crippen LogP contribution in [0, 0.1) is 0 Å². The van der Waals surface area contributed by atoms with Crippen molar-refractivity contribution < 1.29 is 5.11 Å². The predicted octanol–water partition coefficient (Wildman–Crippen LogP) is 4.33. The van der Waals surface area contributed by atoms with Crippen molar-refractivity contribution in [2.45, 2.75) is 32.9 Å². The van der Waals surface area contributed by atoms with Crippen molar-refractivity contribution in [2.75, 3.05) is 23.8 Å². The molecule has 188 valence electrons. The van der Waals surface area contributed by atoms with Crippen LogP contribution < -0.4 is 10.6 Å². The molecule has 0 unspecified atom stereocenters. The second-order valence-corrected chi connectivity index (χ2v) is 8.86. The molecule has 10 heteroatoms. The van der Waals surface area contributed by atoms with Crippen LogP contribution in [0.1, 0.15) is 31.9 Å². The number of pyridine rings is 3. The minimum absolute atomic E-state index is 0.108. The number of rotatable bonds is 10. The highest BCUT2D eigenvalue weighted by atomic mass is 16.3. The van der Waals surface area contributed by atoms with E-state index in [4.69, 9.17) is 15.1 Å². The Labute approximate surface area is 214 Å². The predicted molar refractivity (Wildman–Crippen MR) is 144 cm³/mol. The first-order valence-corrected chi connectivity index (χ1v) is 12.3. The fourth-order valence-corrected chi connectivity index (χ4v) is 3.95. The van der Waals surface area contributed by atoms with Crippen LogP contribution in [0.25, 0.3) is 33.8 Å². The lowest BCUT2D eigenvalue weighted by Gasteiger charge is -2.13. The molecule has 0 bridgehead atoms. The number of hydrogen-bond acceptors (Lipinski definition) is 9. The zero-order chi connectivity index (χ0) is 25.6. The van der Waals surface area contributed by atoms with Crippen LogP contribution in [-0.2, 0) is 6.54 Å². The third-order valence-electron chi connectivity index (χ3n) is 5.90. The number of aliphatic hydroxyl groups excluding tert-OH is 1. The molecule has 0 amide bonds. The molecule has 5 heterocycles. The van der Waals surface area contributed by atoms with E-state index in [9.17, 15) is 0 Å². The van der Waals surface area contributed by atoms with Crippen molar-refractivity contribution in [2.24, 2.45) is 0 Å². The molecule has 0 saturated heterocycles. The molecule has 0 aromatic carbocycles. The molecule has 37 heavy (non-hydrogen) atoms. The third kappa shape index (κ3) is 5.39. The van der Waals surface area contributed by atoms with Crippen LogP contribution in [-0.4, -0.2) is 52.7 Å². The van der Waals surface area contributed by atoms with Crippen molar-refractivity contribution in [3.8, 4) is 22.6 Å². The average molecular weight is 496 g/mol. The summed E-state index contributed by atoms with van der Waals surface area (Å²) in [7, 11) is 0. The van der Waals surface area contributed by atoms with Gasteiger partial charge in [0, 0.05) is 56.1 Å². The van der Waals surface area contributed by atoms with E-state index in [-0.39, 0.29) is 12.6 Å². The van der Waals surface area contributed by atoms with Crippen LogP contribution in [0.5, 0.6) is 0 Å². The number of nitrogens with zero attached hydrogens (tertiary/aromatic N) is 7. The Hall–Kier alpha value is -4.44. The second kappa shape index (κ2) is 11.1. The maximum absolute atomic E-state index is 9.16. The topological polar surface area (TPSA) is 127 Å². The third-order valence-corrected chi connectivity index (χ3v) is 5.90. The normalized spacial score (nSPS) is 11.2. The first kappa shape index (κ1) is 24.3. The Morgan fingerprint density at radius 1 is 0.919 bits per heavy atom. The summed E-state index contributed by atoms with van der Waals surface area (Å²) < 4.78 is 2.03. The Bertz CT molecular complexity index is 1470. The van der Waals surface area contributed by atoms with Crippen molar-refractivity contribution in [3.63, 3.8) is 0 Å². The Balaban J connectivity index is 1.46. The van der Waals surface area contributed by atoms with E-state index in [1.807, 2.05) is 47.2 Å². The number of aromatic nitrogens is 7. The molecule has 3 N–H and O–H groups in total. The summed E-state index contributed by atoms with van der Waals surface area (Å²) in [6, 6.07) is 11.9. The zero-order valence-electron chi connectivity index (χ0n) is 20.8. The van der Waals surface area contributed by atoms with Crippen molar-refractivity contribution in [3.05, 3.63) is 73.1 Å². The lowest BCUT2D eigenvalue weighted by Crippen LogP contribution is -2.09. The SMILES string of the molecule is CC(C)n1cnc2c(NCc3ccc(-c4cccnc4)nc3)nc(-c3cccnc3NCCCO)nc21. The van der Waals surface area contributed by atoms with Gasteiger partial charge < -0.3 is 20.3 Å². The second-order valence-electron chi connectivity index (χ2n) is 8.86. The zero-order valence-corrected chi connectivity index (χ0v) is 20.8. The summed E-state index contributed by atoms with van der Waals surface area (Å²) in [5.74, 6) is 1.86. The number of anilines is 2. The molecule has 5 rings (SSSR count). The molecule has 5 aromatic rings. The minimum atomic E-state index is 0.108. The van der Waals surface area contributed by atoms with E-state index >= 15 is 0 Å². The summed E-state index contributed by atoms with van der Waals surface area (Å²) in [5.41, 5.74) is 5.09. The molecule has 0 radical (unpaired) electrons.